The lowest BCUT2D eigenvalue weighted by atomic mass is 9.82. The van der Waals surface area contributed by atoms with Crippen LogP contribution < -0.4 is 5.73 Å². The van der Waals surface area contributed by atoms with Crippen molar-refractivity contribution in [3.8, 4) is 0 Å². The molecule has 3 unspecified atom stereocenters. The highest BCUT2D eigenvalue weighted by atomic mass is 32.2. The van der Waals surface area contributed by atoms with Gasteiger partial charge in [-0.2, -0.15) is 0 Å². The van der Waals surface area contributed by atoms with Crippen molar-refractivity contribution in [3.05, 3.63) is 66.0 Å². The molecule has 21 heavy (non-hydrogen) atoms. The van der Waals surface area contributed by atoms with E-state index in [-0.39, 0.29) is 17.1 Å². The van der Waals surface area contributed by atoms with E-state index in [0.29, 0.717) is 10.8 Å². The fourth-order valence-electron chi connectivity index (χ4n) is 3.02. The lowest BCUT2D eigenvalue weighted by Crippen LogP contribution is -2.37. The SMILES string of the molecule is NC1CCC(c2ccccc2)CC1Sc1ccccc1F. The molecule has 0 amide bonds. The third-order valence-corrected chi connectivity index (χ3v) is 5.66. The molecular weight excluding hydrogens is 281 g/mol. The highest BCUT2D eigenvalue weighted by Gasteiger charge is 2.30. The predicted molar refractivity (Wildman–Crippen MR) is 87.1 cm³/mol. The quantitative estimate of drug-likeness (QED) is 0.898. The Morgan fingerprint density at radius 1 is 0.952 bits per heavy atom. The van der Waals surface area contributed by atoms with Crippen LogP contribution >= 0.6 is 11.8 Å². The van der Waals surface area contributed by atoms with Crippen LogP contribution in [0.5, 0.6) is 0 Å². The van der Waals surface area contributed by atoms with Gasteiger partial charge in [0.2, 0.25) is 0 Å². The maximum Gasteiger partial charge on any atom is 0.136 e. The molecule has 1 aliphatic carbocycles. The molecule has 2 aromatic carbocycles. The minimum atomic E-state index is -0.142. The lowest BCUT2D eigenvalue weighted by Gasteiger charge is -2.34. The largest absolute Gasteiger partial charge is 0.327 e. The Morgan fingerprint density at radius 2 is 1.67 bits per heavy atom. The third kappa shape index (κ3) is 3.47. The van der Waals surface area contributed by atoms with Crippen LogP contribution in [0.1, 0.15) is 30.7 Å². The summed E-state index contributed by atoms with van der Waals surface area (Å²) in [6.07, 6.45) is 3.15. The summed E-state index contributed by atoms with van der Waals surface area (Å²) < 4.78 is 13.8. The van der Waals surface area contributed by atoms with Crippen molar-refractivity contribution in [3.63, 3.8) is 0 Å². The molecule has 1 fully saturated rings. The maximum atomic E-state index is 13.8. The smallest absolute Gasteiger partial charge is 0.136 e. The summed E-state index contributed by atoms with van der Waals surface area (Å²) in [5.41, 5.74) is 7.65. The summed E-state index contributed by atoms with van der Waals surface area (Å²) in [7, 11) is 0. The Labute approximate surface area is 129 Å². The monoisotopic (exact) mass is 301 g/mol. The standard InChI is InChI=1S/C18H20FNS/c19-15-8-4-5-9-17(15)21-18-12-14(10-11-16(18)20)13-6-2-1-3-7-13/h1-9,14,16,18H,10-12,20H2. The summed E-state index contributed by atoms with van der Waals surface area (Å²) in [6.45, 7) is 0. The first kappa shape index (κ1) is 14.6. The molecule has 3 heteroatoms. The Balaban J connectivity index is 1.74. The Hall–Kier alpha value is -1.32. The highest BCUT2D eigenvalue weighted by molar-refractivity contribution is 8.00. The van der Waals surface area contributed by atoms with E-state index in [1.807, 2.05) is 18.2 Å². The van der Waals surface area contributed by atoms with Crippen LogP contribution in [0.25, 0.3) is 0 Å². The van der Waals surface area contributed by atoms with Crippen LogP contribution in [0.15, 0.2) is 59.5 Å². The summed E-state index contributed by atoms with van der Waals surface area (Å²) in [5.74, 6) is 0.395. The first-order chi connectivity index (χ1) is 10.2. The highest BCUT2D eigenvalue weighted by Crippen LogP contribution is 2.40. The molecule has 0 bridgehead atoms. The third-order valence-electron chi connectivity index (χ3n) is 4.23. The second kappa shape index (κ2) is 6.63. The summed E-state index contributed by atoms with van der Waals surface area (Å²) in [5, 5.41) is 0.279. The molecule has 0 radical (unpaired) electrons. The van der Waals surface area contributed by atoms with Crippen molar-refractivity contribution in [2.75, 3.05) is 0 Å². The maximum absolute atomic E-state index is 13.8. The molecule has 2 aromatic rings. The minimum absolute atomic E-state index is 0.142. The van der Waals surface area contributed by atoms with Crippen LogP contribution in [0, 0.1) is 5.82 Å². The van der Waals surface area contributed by atoms with Gasteiger partial charge in [0.1, 0.15) is 5.82 Å². The van der Waals surface area contributed by atoms with Gasteiger partial charge in [-0.15, -0.1) is 11.8 Å². The minimum Gasteiger partial charge on any atom is -0.327 e. The second-order valence-electron chi connectivity index (χ2n) is 5.67. The number of halogens is 1. The fourth-order valence-corrected chi connectivity index (χ4v) is 4.32. The molecule has 0 aromatic heterocycles. The zero-order valence-electron chi connectivity index (χ0n) is 11.9. The molecule has 1 saturated carbocycles. The summed E-state index contributed by atoms with van der Waals surface area (Å²) >= 11 is 1.60. The van der Waals surface area contributed by atoms with Gasteiger partial charge in [-0.05, 0) is 42.9 Å². The van der Waals surface area contributed by atoms with Gasteiger partial charge in [-0.25, -0.2) is 4.39 Å². The molecule has 1 aliphatic rings. The molecule has 2 N–H and O–H groups in total. The van der Waals surface area contributed by atoms with E-state index < -0.39 is 0 Å². The summed E-state index contributed by atoms with van der Waals surface area (Å²) in [6, 6.07) is 17.7. The number of rotatable bonds is 3. The first-order valence-electron chi connectivity index (χ1n) is 7.46. The van der Waals surface area contributed by atoms with E-state index in [9.17, 15) is 4.39 Å². The van der Waals surface area contributed by atoms with E-state index in [0.717, 1.165) is 19.3 Å². The number of thioether (sulfide) groups is 1. The molecule has 0 saturated heterocycles. The van der Waals surface area contributed by atoms with Gasteiger partial charge in [0.25, 0.3) is 0 Å². The van der Waals surface area contributed by atoms with Gasteiger partial charge in [-0.1, -0.05) is 42.5 Å². The second-order valence-corrected chi connectivity index (χ2v) is 6.95. The normalized spacial score (nSPS) is 25.7. The van der Waals surface area contributed by atoms with Crippen molar-refractivity contribution in [1.82, 2.24) is 0 Å². The molecule has 3 rings (SSSR count). The van der Waals surface area contributed by atoms with Gasteiger partial charge in [0.05, 0.1) is 0 Å². The van der Waals surface area contributed by atoms with Crippen LogP contribution in [-0.4, -0.2) is 11.3 Å². The Morgan fingerprint density at radius 3 is 2.43 bits per heavy atom. The van der Waals surface area contributed by atoms with E-state index >= 15 is 0 Å². The van der Waals surface area contributed by atoms with Gasteiger partial charge in [0.15, 0.2) is 0 Å². The molecule has 0 heterocycles. The van der Waals surface area contributed by atoms with Crippen molar-refractivity contribution < 1.29 is 4.39 Å². The van der Waals surface area contributed by atoms with E-state index in [1.54, 1.807) is 17.8 Å². The zero-order valence-corrected chi connectivity index (χ0v) is 12.7. The lowest BCUT2D eigenvalue weighted by molar-refractivity contribution is 0.406. The van der Waals surface area contributed by atoms with E-state index in [4.69, 9.17) is 5.73 Å². The van der Waals surface area contributed by atoms with Crippen molar-refractivity contribution >= 4 is 11.8 Å². The fraction of sp³-hybridized carbons (Fsp3) is 0.333. The molecule has 0 spiro atoms. The van der Waals surface area contributed by atoms with Crippen LogP contribution in [0.3, 0.4) is 0 Å². The number of hydrogen-bond donors (Lipinski definition) is 1. The molecular formula is C18H20FNS. The van der Waals surface area contributed by atoms with Crippen molar-refractivity contribution in [2.45, 2.75) is 41.4 Å². The van der Waals surface area contributed by atoms with Gasteiger partial charge >= 0.3 is 0 Å². The average molecular weight is 301 g/mol. The van der Waals surface area contributed by atoms with E-state index in [2.05, 4.69) is 24.3 Å². The zero-order chi connectivity index (χ0) is 14.7. The summed E-state index contributed by atoms with van der Waals surface area (Å²) in [4.78, 5) is 0.715. The molecule has 0 aliphatic heterocycles. The Bertz CT molecular complexity index is 587. The molecule has 3 atom stereocenters. The average Bonchev–Trinajstić information content (AvgIpc) is 2.52. The van der Waals surface area contributed by atoms with Crippen LogP contribution in [0.4, 0.5) is 4.39 Å². The van der Waals surface area contributed by atoms with Gasteiger partial charge in [-0.3, -0.25) is 0 Å². The topological polar surface area (TPSA) is 26.0 Å². The first-order valence-corrected chi connectivity index (χ1v) is 8.33. The van der Waals surface area contributed by atoms with E-state index in [1.165, 1.54) is 11.6 Å². The number of hydrogen-bond acceptors (Lipinski definition) is 2. The van der Waals surface area contributed by atoms with Crippen molar-refractivity contribution in [1.29, 1.82) is 0 Å². The predicted octanol–water partition coefficient (Wildman–Crippen LogP) is 4.58. The Kier molecular flexibility index (Phi) is 4.61. The van der Waals surface area contributed by atoms with Gasteiger partial charge in [0, 0.05) is 16.2 Å². The molecule has 1 nitrogen and oxygen atoms in total. The van der Waals surface area contributed by atoms with Gasteiger partial charge < -0.3 is 5.73 Å². The molecule has 110 valence electrons. The number of benzene rings is 2. The van der Waals surface area contributed by atoms with Crippen LogP contribution in [0.2, 0.25) is 0 Å². The van der Waals surface area contributed by atoms with Crippen LogP contribution in [-0.2, 0) is 0 Å². The van der Waals surface area contributed by atoms with Crippen molar-refractivity contribution in [2.24, 2.45) is 5.73 Å². The number of nitrogens with two attached hydrogens (primary N) is 1.